The van der Waals surface area contributed by atoms with E-state index in [4.69, 9.17) is 0 Å². The van der Waals surface area contributed by atoms with Crippen LogP contribution in [0.15, 0.2) is 29.2 Å². The summed E-state index contributed by atoms with van der Waals surface area (Å²) in [5.74, 6) is -1.19. The molecule has 1 aromatic rings. The molecule has 0 bridgehead atoms. The smallest absolute Gasteiger partial charge is 0.275 e. The molecular formula is C9H8FN3O4S. The van der Waals surface area contributed by atoms with Crippen LogP contribution in [0.4, 0.5) is 9.18 Å². The van der Waals surface area contributed by atoms with E-state index in [2.05, 4.69) is 0 Å². The highest BCUT2D eigenvalue weighted by Gasteiger charge is 2.30. The Labute approximate surface area is 102 Å². The van der Waals surface area contributed by atoms with Gasteiger partial charge in [-0.25, -0.2) is 22.6 Å². The van der Waals surface area contributed by atoms with Crippen molar-refractivity contribution in [2.45, 2.75) is 4.90 Å². The Hall–Kier alpha value is -2.00. The average molecular weight is 273 g/mol. The summed E-state index contributed by atoms with van der Waals surface area (Å²) in [4.78, 5) is 23.7. The Balaban J connectivity index is 2.20. The molecule has 0 radical (unpaired) electrons. The third-order valence-electron chi connectivity index (χ3n) is 2.15. The Morgan fingerprint density at radius 3 is 2.33 bits per heavy atom. The Kier molecular flexibility index (Phi) is 3.01. The molecule has 3 amide bonds. The summed E-state index contributed by atoms with van der Waals surface area (Å²) < 4.78 is 36.2. The number of carbonyl (C=O) groups excluding carboxylic acids is 2. The first-order valence-electron chi connectivity index (χ1n) is 4.78. The summed E-state index contributed by atoms with van der Waals surface area (Å²) in [6, 6.07) is 3.19. The van der Waals surface area contributed by atoms with Crippen molar-refractivity contribution in [1.82, 2.24) is 15.2 Å². The zero-order chi connectivity index (χ0) is 13.3. The van der Waals surface area contributed by atoms with E-state index < -0.39 is 34.3 Å². The third kappa shape index (κ3) is 2.46. The van der Waals surface area contributed by atoms with Crippen LogP contribution in [0.2, 0.25) is 0 Å². The highest BCUT2D eigenvalue weighted by molar-refractivity contribution is 7.89. The van der Waals surface area contributed by atoms with Crippen molar-refractivity contribution in [3.63, 3.8) is 0 Å². The number of rotatable bonds is 3. The second-order valence-corrected chi connectivity index (χ2v) is 5.15. The molecule has 0 aliphatic carbocycles. The maximum absolute atomic E-state index is 12.7. The number of nitrogens with zero attached hydrogens (tertiary/aromatic N) is 1. The van der Waals surface area contributed by atoms with Gasteiger partial charge in [-0.1, -0.05) is 0 Å². The van der Waals surface area contributed by atoms with Gasteiger partial charge in [0.1, 0.15) is 12.4 Å². The van der Waals surface area contributed by atoms with Crippen LogP contribution >= 0.6 is 0 Å². The molecule has 1 aliphatic heterocycles. The molecule has 9 heteroatoms. The molecule has 1 aromatic carbocycles. The van der Waals surface area contributed by atoms with Crippen molar-refractivity contribution in [2.24, 2.45) is 0 Å². The molecule has 1 aliphatic rings. The fourth-order valence-corrected chi connectivity index (χ4v) is 2.36. The Morgan fingerprint density at radius 2 is 1.83 bits per heavy atom. The number of sulfonamides is 1. The molecule has 0 unspecified atom stereocenters. The van der Waals surface area contributed by atoms with Crippen LogP contribution in [0.25, 0.3) is 0 Å². The first-order valence-corrected chi connectivity index (χ1v) is 6.26. The molecule has 1 heterocycles. The molecule has 96 valence electrons. The number of hydrogen-bond donors (Lipinski definition) is 2. The zero-order valence-corrected chi connectivity index (χ0v) is 9.70. The first-order chi connectivity index (χ1) is 8.38. The lowest BCUT2D eigenvalue weighted by Crippen LogP contribution is -2.44. The van der Waals surface area contributed by atoms with Gasteiger partial charge < -0.3 is 0 Å². The summed E-state index contributed by atoms with van der Waals surface area (Å²) in [6.07, 6.45) is 0. The number of urea groups is 1. The predicted molar refractivity (Wildman–Crippen MR) is 57.0 cm³/mol. The summed E-state index contributed by atoms with van der Waals surface area (Å²) >= 11 is 0. The van der Waals surface area contributed by atoms with Crippen LogP contribution in [0.1, 0.15) is 0 Å². The van der Waals surface area contributed by atoms with Crippen molar-refractivity contribution in [3.05, 3.63) is 30.1 Å². The minimum atomic E-state index is -4.02. The fraction of sp³-hybridized carbons (Fsp3) is 0.111. The van der Waals surface area contributed by atoms with Crippen LogP contribution in [0.3, 0.4) is 0 Å². The Bertz CT molecular complexity index is 599. The van der Waals surface area contributed by atoms with E-state index >= 15 is 0 Å². The number of benzene rings is 1. The lowest BCUT2D eigenvalue weighted by atomic mass is 10.4. The van der Waals surface area contributed by atoms with Gasteiger partial charge in [0.25, 0.3) is 10.0 Å². The molecule has 0 saturated carbocycles. The molecular weight excluding hydrogens is 265 g/mol. The van der Waals surface area contributed by atoms with Crippen LogP contribution in [-0.4, -0.2) is 31.9 Å². The van der Waals surface area contributed by atoms with Gasteiger partial charge in [-0.3, -0.25) is 10.1 Å². The number of nitrogens with one attached hydrogen (secondary N) is 2. The number of imide groups is 1. The van der Waals surface area contributed by atoms with Gasteiger partial charge in [-0.05, 0) is 24.3 Å². The molecule has 0 atom stereocenters. The highest BCUT2D eigenvalue weighted by Crippen LogP contribution is 2.10. The van der Waals surface area contributed by atoms with Crippen molar-refractivity contribution < 1.29 is 22.4 Å². The second kappa shape index (κ2) is 4.35. The van der Waals surface area contributed by atoms with Crippen molar-refractivity contribution >= 4 is 22.0 Å². The summed E-state index contributed by atoms with van der Waals surface area (Å²) in [7, 11) is -4.02. The summed E-state index contributed by atoms with van der Waals surface area (Å²) in [6.45, 7) is -0.404. The van der Waals surface area contributed by atoms with E-state index in [9.17, 15) is 22.4 Å². The van der Waals surface area contributed by atoms with E-state index in [0.717, 1.165) is 24.3 Å². The SMILES string of the molecule is O=C1CN(NS(=O)(=O)c2ccc(F)cc2)C(=O)N1. The van der Waals surface area contributed by atoms with E-state index in [1.54, 1.807) is 0 Å². The minimum absolute atomic E-state index is 0.212. The first kappa shape index (κ1) is 12.5. The molecule has 2 rings (SSSR count). The van der Waals surface area contributed by atoms with Gasteiger partial charge in [0.15, 0.2) is 0 Å². The quantitative estimate of drug-likeness (QED) is 0.730. The van der Waals surface area contributed by atoms with Gasteiger partial charge in [0.05, 0.1) is 4.90 Å². The highest BCUT2D eigenvalue weighted by atomic mass is 32.2. The lowest BCUT2D eigenvalue weighted by Gasteiger charge is -2.14. The number of hydrogen-bond acceptors (Lipinski definition) is 4. The maximum Gasteiger partial charge on any atom is 0.339 e. The normalized spacial score (nSPS) is 15.9. The minimum Gasteiger partial charge on any atom is -0.275 e. The van der Waals surface area contributed by atoms with Gasteiger partial charge in [-0.15, -0.1) is 4.83 Å². The Morgan fingerprint density at radius 1 is 1.22 bits per heavy atom. The molecule has 1 fully saturated rings. The predicted octanol–water partition coefficient (Wildman–Crippen LogP) is -0.429. The van der Waals surface area contributed by atoms with Crippen molar-refractivity contribution in [3.8, 4) is 0 Å². The van der Waals surface area contributed by atoms with E-state index in [0.29, 0.717) is 5.01 Å². The maximum atomic E-state index is 12.7. The standard InChI is InChI=1S/C9H8FN3O4S/c10-6-1-3-7(4-2-6)18(16,17)12-13-5-8(14)11-9(13)15/h1-4,12H,5H2,(H,11,14,15). The number of hydrazine groups is 1. The number of halogens is 1. The van der Waals surface area contributed by atoms with Crippen molar-refractivity contribution in [2.75, 3.05) is 6.54 Å². The van der Waals surface area contributed by atoms with Gasteiger partial charge >= 0.3 is 6.03 Å². The summed E-state index contributed by atoms with van der Waals surface area (Å²) in [5.41, 5.74) is 0. The van der Waals surface area contributed by atoms with E-state index in [-0.39, 0.29) is 4.90 Å². The topological polar surface area (TPSA) is 95.6 Å². The van der Waals surface area contributed by atoms with Crippen LogP contribution < -0.4 is 10.1 Å². The fourth-order valence-electron chi connectivity index (χ4n) is 1.33. The van der Waals surface area contributed by atoms with Crippen LogP contribution in [0, 0.1) is 5.82 Å². The monoisotopic (exact) mass is 273 g/mol. The molecule has 1 saturated heterocycles. The largest absolute Gasteiger partial charge is 0.339 e. The lowest BCUT2D eigenvalue weighted by molar-refractivity contribution is -0.118. The van der Waals surface area contributed by atoms with E-state index in [1.807, 2.05) is 10.1 Å². The van der Waals surface area contributed by atoms with Crippen LogP contribution in [-0.2, 0) is 14.8 Å². The van der Waals surface area contributed by atoms with E-state index in [1.165, 1.54) is 0 Å². The molecule has 0 spiro atoms. The average Bonchev–Trinajstić information content (AvgIpc) is 2.57. The zero-order valence-electron chi connectivity index (χ0n) is 8.88. The number of amides is 3. The second-order valence-electron chi connectivity index (χ2n) is 3.49. The molecule has 2 N–H and O–H groups in total. The summed E-state index contributed by atoms with van der Waals surface area (Å²) in [5, 5.41) is 2.54. The molecule has 18 heavy (non-hydrogen) atoms. The van der Waals surface area contributed by atoms with Crippen LogP contribution in [0.5, 0.6) is 0 Å². The molecule has 0 aromatic heterocycles. The molecule has 7 nitrogen and oxygen atoms in total. The number of carbonyl (C=O) groups is 2. The third-order valence-corrected chi connectivity index (χ3v) is 3.50. The van der Waals surface area contributed by atoms with Crippen molar-refractivity contribution in [1.29, 1.82) is 0 Å². The van der Waals surface area contributed by atoms with Gasteiger partial charge in [0.2, 0.25) is 5.91 Å². The van der Waals surface area contributed by atoms with Gasteiger partial charge in [-0.2, -0.15) is 0 Å². The van der Waals surface area contributed by atoms with Gasteiger partial charge in [0, 0.05) is 0 Å².